The van der Waals surface area contributed by atoms with Gasteiger partial charge in [-0.2, -0.15) is 0 Å². The summed E-state index contributed by atoms with van der Waals surface area (Å²) in [6.07, 6.45) is 0. The van der Waals surface area contributed by atoms with Crippen molar-refractivity contribution >= 4 is 33.8 Å². The minimum Gasteiger partial charge on any atom is -0.332 e. The van der Waals surface area contributed by atoms with E-state index in [-0.39, 0.29) is 11.7 Å². The van der Waals surface area contributed by atoms with Crippen LogP contribution in [0.2, 0.25) is 0 Å². The third kappa shape index (κ3) is 3.85. The molecule has 0 unspecified atom stereocenters. The highest BCUT2D eigenvalue weighted by Gasteiger charge is 2.16. The van der Waals surface area contributed by atoms with Gasteiger partial charge in [0.1, 0.15) is 10.7 Å². The smallest absolute Gasteiger partial charge is 0.267 e. The molecule has 2 N–H and O–H groups in total. The van der Waals surface area contributed by atoms with Crippen molar-refractivity contribution in [1.82, 2.24) is 4.98 Å². The van der Waals surface area contributed by atoms with Crippen LogP contribution in [0.5, 0.6) is 0 Å². The van der Waals surface area contributed by atoms with Gasteiger partial charge in [-0.15, -0.1) is 0 Å². The van der Waals surface area contributed by atoms with Crippen LogP contribution >= 0.6 is 11.3 Å². The Bertz CT molecular complexity index is 919. The van der Waals surface area contributed by atoms with Gasteiger partial charge in [0, 0.05) is 11.4 Å². The highest BCUT2D eigenvalue weighted by molar-refractivity contribution is 7.17. The number of aromatic nitrogens is 1. The number of hydrogen-bond donors (Lipinski definition) is 2. The summed E-state index contributed by atoms with van der Waals surface area (Å²) in [5.41, 5.74) is 4.33. The molecule has 0 saturated carbocycles. The summed E-state index contributed by atoms with van der Waals surface area (Å²) in [7, 11) is 0. The molecule has 0 saturated heterocycles. The Morgan fingerprint density at radius 3 is 2.52 bits per heavy atom. The topological polar surface area (TPSA) is 54.0 Å². The van der Waals surface area contributed by atoms with Crippen molar-refractivity contribution in [2.45, 2.75) is 20.8 Å². The first-order valence-corrected chi connectivity index (χ1v) is 8.63. The predicted molar refractivity (Wildman–Crippen MR) is 100 cm³/mol. The lowest BCUT2D eigenvalue weighted by atomic mass is 10.1. The Morgan fingerprint density at radius 2 is 1.80 bits per heavy atom. The fraction of sp³-hybridized carbons (Fsp3) is 0.158. The third-order valence-electron chi connectivity index (χ3n) is 3.95. The van der Waals surface area contributed by atoms with Crippen molar-refractivity contribution in [3.8, 4) is 0 Å². The normalized spacial score (nSPS) is 10.6. The van der Waals surface area contributed by atoms with Gasteiger partial charge >= 0.3 is 0 Å². The number of nitrogens with zero attached hydrogens (tertiary/aromatic N) is 1. The molecule has 3 rings (SSSR count). The van der Waals surface area contributed by atoms with Crippen LogP contribution in [0.15, 0.2) is 42.5 Å². The van der Waals surface area contributed by atoms with Crippen molar-refractivity contribution in [3.63, 3.8) is 0 Å². The molecule has 1 amide bonds. The molecule has 0 radical (unpaired) electrons. The molecular weight excluding hydrogens is 337 g/mol. The van der Waals surface area contributed by atoms with Gasteiger partial charge in [-0.25, -0.2) is 9.37 Å². The second kappa shape index (κ2) is 7.03. The Hall–Kier alpha value is -2.73. The number of hydrogen-bond acceptors (Lipinski definition) is 4. The highest BCUT2D eigenvalue weighted by Crippen LogP contribution is 2.27. The molecule has 3 aromatic rings. The molecule has 1 heterocycles. The maximum Gasteiger partial charge on any atom is 0.267 e. The minimum absolute atomic E-state index is 0.184. The van der Waals surface area contributed by atoms with Crippen LogP contribution in [0, 0.1) is 26.6 Å². The van der Waals surface area contributed by atoms with Gasteiger partial charge in [0.05, 0.1) is 5.69 Å². The summed E-state index contributed by atoms with van der Waals surface area (Å²) >= 11 is 1.27. The van der Waals surface area contributed by atoms with Crippen LogP contribution in [-0.4, -0.2) is 10.9 Å². The Kier molecular flexibility index (Phi) is 4.81. The first-order chi connectivity index (χ1) is 11.9. The first kappa shape index (κ1) is 17.1. The fourth-order valence-corrected chi connectivity index (χ4v) is 3.26. The molecule has 25 heavy (non-hydrogen) atoms. The van der Waals surface area contributed by atoms with Crippen molar-refractivity contribution in [3.05, 3.63) is 70.0 Å². The molecular formula is C19H18FN3OS. The van der Waals surface area contributed by atoms with Gasteiger partial charge in [0.25, 0.3) is 5.91 Å². The lowest BCUT2D eigenvalue weighted by Gasteiger charge is -2.09. The first-order valence-electron chi connectivity index (χ1n) is 7.81. The minimum atomic E-state index is -0.297. The molecule has 1 aromatic heterocycles. The van der Waals surface area contributed by atoms with Gasteiger partial charge < -0.3 is 10.6 Å². The van der Waals surface area contributed by atoms with E-state index >= 15 is 0 Å². The number of thiazole rings is 1. The van der Waals surface area contributed by atoms with Crippen LogP contribution in [0.3, 0.4) is 0 Å². The summed E-state index contributed by atoms with van der Waals surface area (Å²) < 4.78 is 13.0. The number of amides is 1. The van der Waals surface area contributed by atoms with E-state index in [1.54, 1.807) is 19.1 Å². The lowest BCUT2D eigenvalue weighted by molar-refractivity contribution is 0.102. The SMILES string of the molecule is Cc1cccc(NC(=O)c2sc(Nc3ccc(F)cc3)nc2C)c1C. The quantitative estimate of drug-likeness (QED) is 0.676. The van der Waals surface area contributed by atoms with Gasteiger partial charge in [-0.05, 0) is 62.2 Å². The molecule has 0 aliphatic carbocycles. The summed E-state index contributed by atoms with van der Waals surface area (Å²) in [5, 5.41) is 6.63. The van der Waals surface area contributed by atoms with E-state index in [0.29, 0.717) is 15.7 Å². The number of anilines is 3. The summed E-state index contributed by atoms with van der Waals surface area (Å²) in [6, 6.07) is 11.8. The number of carbonyl (C=O) groups excluding carboxylic acids is 1. The van der Waals surface area contributed by atoms with Crippen LogP contribution in [-0.2, 0) is 0 Å². The van der Waals surface area contributed by atoms with Crippen LogP contribution < -0.4 is 10.6 Å². The van der Waals surface area contributed by atoms with Crippen LogP contribution in [0.4, 0.5) is 20.9 Å². The number of aryl methyl sites for hydroxylation is 2. The molecule has 0 atom stereocenters. The van der Waals surface area contributed by atoms with Crippen LogP contribution in [0.1, 0.15) is 26.5 Å². The van der Waals surface area contributed by atoms with E-state index in [1.807, 2.05) is 32.0 Å². The lowest BCUT2D eigenvalue weighted by Crippen LogP contribution is -2.12. The Labute approximate surface area is 149 Å². The largest absolute Gasteiger partial charge is 0.332 e. The van der Waals surface area contributed by atoms with E-state index in [9.17, 15) is 9.18 Å². The number of rotatable bonds is 4. The van der Waals surface area contributed by atoms with Crippen molar-refractivity contribution in [2.75, 3.05) is 10.6 Å². The van der Waals surface area contributed by atoms with Gasteiger partial charge in [-0.3, -0.25) is 4.79 Å². The zero-order chi connectivity index (χ0) is 18.0. The van der Waals surface area contributed by atoms with E-state index in [0.717, 1.165) is 22.5 Å². The summed E-state index contributed by atoms with van der Waals surface area (Å²) in [4.78, 5) is 17.5. The maximum absolute atomic E-state index is 13.0. The number of benzene rings is 2. The molecule has 0 aliphatic rings. The number of carbonyl (C=O) groups is 1. The Morgan fingerprint density at radius 1 is 1.08 bits per heavy atom. The summed E-state index contributed by atoms with van der Waals surface area (Å²) in [5.74, 6) is -0.481. The molecule has 0 spiro atoms. The second-order valence-corrected chi connectivity index (χ2v) is 6.77. The molecule has 2 aromatic carbocycles. The van der Waals surface area contributed by atoms with Crippen molar-refractivity contribution in [1.29, 1.82) is 0 Å². The average Bonchev–Trinajstić information content (AvgIpc) is 2.94. The molecule has 0 aliphatic heterocycles. The zero-order valence-electron chi connectivity index (χ0n) is 14.2. The van der Waals surface area contributed by atoms with Crippen LogP contribution in [0.25, 0.3) is 0 Å². The van der Waals surface area contributed by atoms with Crippen molar-refractivity contribution in [2.24, 2.45) is 0 Å². The van der Waals surface area contributed by atoms with E-state index < -0.39 is 0 Å². The second-order valence-electron chi connectivity index (χ2n) is 5.77. The van der Waals surface area contributed by atoms with Crippen molar-refractivity contribution < 1.29 is 9.18 Å². The predicted octanol–water partition coefficient (Wildman–Crippen LogP) is 5.20. The van der Waals surface area contributed by atoms with Gasteiger partial charge in [-0.1, -0.05) is 23.5 Å². The fourth-order valence-electron chi connectivity index (χ4n) is 2.38. The average molecular weight is 355 g/mol. The number of halogens is 1. The molecule has 128 valence electrons. The van der Waals surface area contributed by atoms with E-state index in [2.05, 4.69) is 15.6 Å². The van der Waals surface area contributed by atoms with E-state index in [4.69, 9.17) is 0 Å². The van der Waals surface area contributed by atoms with Gasteiger partial charge in [0.2, 0.25) is 0 Å². The standard InChI is InChI=1S/C19H18FN3OS/c1-11-5-4-6-16(12(11)2)23-18(24)17-13(3)21-19(25-17)22-15-9-7-14(20)8-10-15/h4-10H,1-3H3,(H,21,22)(H,23,24). The summed E-state index contributed by atoms with van der Waals surface area (Å²) in [6.45, 7) is 5.78. The third-order valence-corrected chi connectivity index (χ3v) is 5.02. The zero-order valence-corrected chi connectivity index (χ0v) is 15.0. The molecule has 4 nitrogen and oxygen atoms in total. The van der Waals surface area contributed by atoms with Gasteiger partial charge in [0.15, 0.2) is 5.13 Å². The molecule has 0 fully saturated rings. The Balaban J connectivity index is 1.78. The molecule has 0 bridgehead atoms. The highest BCUT2D eigenvalue weighted by atomic mass is 32.1. The maximum atomic E-state index is 13.0. The molecule has 6 heteroatoms. The monoisotopic (exact) mass is 355 g/mol. The van der Waals surface area contributed by atoms with E-state index in [1.165, 1.54) is 23.5 Å². The number of nitrogens with one attached hydrogen (secondary N) is 2.